The highest BCUT2D eigenvalue weighted by molar-refractivity contribution is 6.00. The summed E-state index contributed by atoms with van der Waals surface area (Å²) >= 11 is 0. The van der Waals surface area contributed by atoms with Crippen LogP contribution >= 0.6 is 0 Å². The third kappa shape index (κ3) is 6.35. The van der Waals surface area contributed by atoms with Crippen LogP contribution in [0.1, 0.15) is 70.3 Å². The van der Waals surface area contributed by atoms with Gasteiger partial charge >= 0.3 is 0 Å². The Morgan fingerprint density at radius 1 is 0.837 bits per heavy atom. The Labute approximate surface area is 254 Å². The molecule has 0 bridgehead atoms. The molecule has 2 fully saturated rings. The lowest BCUT2D eigenvalue weighted by Gasteiger charge is -2.29. The molecule has 4 aromatic rings. The molecule has 220 valence electrons. The highest BCUT2D eigenvalue weighted by Gasteiger charge is 2.44. The maximum Gasteiger partial charge on any atom is 0.258 e. The number of benzene rings is 4. The SMILES string of the molecule is C[C@H](N)c1ccc(OCc2ccccc2)c(C(=O)N2C[C@@H](c3ccccc3)C[C@H]2C(=O)N2CC[C@H](c3ccccc3)C2)c1. The molecule has 6 rings (SSSR count). The van der Waals surface area contributed by atoms with Crippen LogP contribution in [0.5, 0.6) is 5.75 Å². The molecular weight excluding hydrogens is 534 g/mol. The van der Waals surface area contributed by atoms with Gasteiger partial charge in [-0.05, 0) is 54.2 Å². The highest BCUT2D eigenvalue weighted by Crippen LogP contribution is 2.37. The molecular formula is C37H39N3O3. The standard InChI is InChI=1S/C37H39N3O3/c1-26(38)30-17-18-35(43-25-27-11-5-2-6-12-27)33(21-30)36(41)40-24-32(29-15-9-4-10-16-29)22-34(40)37(42)39-20-19-31(23-39)28-13-7-3-8-14-28/h2-18,21,26,31-32,34H,19-20,22-25,38H2,1H3/t26-,31-,32-,34-/m0/s1. The summed E-state index contributed by atoms with van der Waals surface area (Å²) < 4.78 is 6.23. The molecule has 0 saturated carbocycles. The maximum absolute atomic E-state index is 14.5. The number of ether oxygens (including phenoxy) is 1. The lowest BCUT2D eigenvalue weighted by molar-refractivity contribution is -0.134. The van der Waals surface area contributed by atoms with Crippen molar-refractivity contribution >= 4 is 11.8 Å². The van der Waals surface area contributed by atoms with Crippen molar-refractivity contribution in [3.8, 4) is 5.75 Å². The third-order valence-corrected chi connectivity index (χ3v) is 8.89. The smallest absolute Gasteiger partial charge is 0.258 e. The van der Waals surface area contributed by atoms with Gasteiger partial charge in [0.2, 0.25) is 5.91 Å². The topological polar surface area (TPSA) is 75.9 Å². The lowest BCUT2D eigenvalue weighted by atomic mass is 9.96. The van der Waals surface area contributed by atoms with E-state index in [1.165, 1.54) is 5.56 Å². The van der Waals surface area contributed by atoms with Gasteiger partial charge < -0.3 is 20.3 Å². The number of likely N-dealkylation sites (tertiary alicyclic amines) is 2. The van der Waals surface area contributed by atoms with Gasteiger partial charge in [-0.1, -0.05) is 97.1 Å². The van der Waals surface area contributed by atoms with E-state index < -0.39 is 6.04 Å². The van der Waals surface area contributed by atoms with Crippen molar-refractivity contribution in [2.75, 3.05) is 19.6 Å². The molecule has 2 N–H and O–H groups in total. The Hall–Kier alpha value is -4.42. The quantitative estimate of drug-likeness (QED) is 0.268. The number of carbonyl (C=O) groups is 2. The molecule has 0 aromatic heterocycles. The number of hydrogen-bond donors (Lipinski definition) is 1. The molecule has 0 radical (unpaired) electrons. The molecule has 4 aromatic carbocycles. The zero-order valence-electron chi connectivity index (χ0n) is 24.6. The first-order valence-corrected chi connectivity index (χ1v) is 15.2. The minimum atomic E-state index is -0.548. The fourth-order valence-corrected chi connectivity index (χ4v) is 6.44. The van der Waals surface area contributed by atoms with Crippen LogP contribution < -0.4 is 10.5 Å². The van der Waals surface area contributed by atoms with Crippen molar-refractivity contribution in [2.24, 2.45) is 5.73 Å². The van der Waals surface area contributed by atoms with Gasteiger partial charge in [0.25, 0.3) is 5.91 Å². The molecule has 0 spiro atoms. The molecule has 6 heteroatoms. The van der Waals surface area contributed by atoms with Crippen LogP contribution in [-0.2, 0) is 11.4 Å². The van der Waals surface area contributed by atoms with Crippen molar-refractivity contribution in [3.05, 3.63) is 137 Å². The Kier molecular flexibility index (Phi) is 8.57. The first kappa shape index (κ1) is 28.7. The van der Waals surface area contributed by atoms with E-state index in [0.717, 1.165) is 23.1 Å². The first-order valence-electron chi connectivity index (χ1n) is 15.2. The second-order valence-electron chi connectivity index (χ2n) is 11.8. The minimum Gasteiger partial charge on any atom is -0.488 e. The predicted molar refractivity (Wildman–Crippen MR) is 169 cm³/mol. The Morgan fingerprint density at radius 3 is 2.12 bits per heavy atom. The fraction of sp³-hybridized carbons (Fsp3) is 0.297. The van der Waals surface area contributed by atoms with Crippen LogP contribution in [0.4, 0.5) is 0 Å². The van der Waals surface area contributed by atoms with Crippen LogP contribution in [0.3, 0.4) is 0 Å². The summed E-state index contributed by atoms with van der Waals surface area (Å²) in [5.41, 5.74) is 10.9. The molecule has 43 heavy (non-hydrogen) atoms. The predicted octanol–water partition coefficient (Wildman–Crippen LogP) is 6.30. The first-order chi connectivity index (χ1) is 21.0. The molecule has 6 nitrogen and oxygen atoms in total. The van der Waals surface area contributed by atoms with Gasteiger partial charge in [-0.15, -0.1) is 0 Å². The van der Waals surface area contributed by atoms with Crippen LogP contribution in [0.2, 0.25) is 0 Å². The lowest BCUT2D eigenvalue weighted by Crippen LogP contribution is -2.47. The zero-order chi connectivity index (χ0) is 29.8. The van der Waals surface area contributed by atoms with Crippen molar-refractivity contribution in [1.29, 1.82) is 0 Å². The van der Waals surface area contributed by atoms with Gasteiger partial charge in [-0.25, -0.2) is 0 Å². The number of nitrogens with two attached hydrogens (primary N) is 1. The van der Waals surface area contributed by atoms with Crippen LogP contribution in [0.15, 0.2) is 109 Å². The van der Waals surface area contributed by atoms with Crippen LogP contribution in [-0.4, -0.2) is 47.3 Å². The Bertz CT molecular complexity index is 1540. The number of carbonyl (C=O) groups excluding carboxylic acids is 2. The van der Waals surface area contributed by atoms with E-state index in [0.29, 0.717) is 49.9 Å². The summed E-state index contributed by atoms with van der Waals surface area (Å²) in [5, 5.41) is 0. The normalized spacial score (nSPS) is 20.7. The molecule has 2 amide bonds. The van der Waals surface area contributed by atoms with Gasteiger partial charge in [0.15, 0.2) is 0 Å². The van der Waals surface area contributed by atoms with E-state index in [2.05, 4.69) is 36.4 Å². The number of hydrogen-bond acceptors (Lipinski definition) is 4. The summed E-state index contributed by atoms with van der Waals surface area (Å²) in [6, 6.07) is 35.3. The fourth-order valence-electron chi connectivity index (χ4n) is 6.44. The molecule has 0 unspecified atom stereocenters. The molecule has 0 aliphatic carbocycles. The third-order valence-electron chi connectivity index (χ3n) is 8.89. The van der Waals surface area contributed by atoms with Gasteiger partial charge in [-0.3, -0.25) is 9.59 Å². The summed E-state index contributed by atoms with van der Waals surface area (Å²) in [4.78, 5) is 32.4. The zero-order valence-corrected chi connectivity index (χ0v) is 24.6. The van der Waals surface area contributed by atoms with Crippen LogP contribution in [0, 0.1) is 0 Å². The van der Waals surface area contributed by atoms with Crippen molar-refractivity contribution in [1.82, 2.24) is 9.80 Å². The van der Waals surface area contributed by atoms with Crippen molar-refractivity contribution in [3.63, 3.8) is 0 Å². The van der Waals surface area contributed by atoms with E-state index in [4.69, 9.17) is 10.5 Å². The van der Waals surface area contributed by atoms with E-state index in [9.17, 15) is 9.59 Å². The number of nitrogens with zero attached hydrogens (tertiary/aromatic N) is 2. The largest absolute Gasteiger partial charge is 0.488 e. The number of rotatable bonds is 8. The molecule has 2 aliphatic rings. The van der Waals surface area contributed by atoms with Crippen molar-refractivity contribution < 1.29 is 14.3 Å². The Balaban J connectivity index is 1.29. The van der Waals surface area contributed by atoms with Crippen LogP contribution in [0.25, 0.3) is 0 Å². The van der Waals surface area contributed by atoms with Gasteiger partial charge in [0.05, 0.1) is 5.56 Å². The molecule has 4 atom stereocenters. The highest BCUT2D eigenvalue weighted by atomic mass is 16.5. The van der Waals surface area contributed by atoms with E-state index in [1.54, 1.807) is 4.90 Å². The summed E-state index contributed by atoms with van der Waals surface area (Å²) in [5.74, 6) is 0.706. The monoisotopic (exact) mass is 573 g/mol. The minimum absolute atomic E-state index is 0.0281. The van der Waals surface area contributed by atoms with E-state index in [-0.39, 0.29) is 23.8 Å². The van der Waals surface area contributed by atoms with E-state index >= 15 is 0 Å². The average Bonchev–Trinajstić information content (AvgIpc) is 3.73. The Morgan fingerprint density at radius 2 is 1.47 bits per heavy atom. The maximum atomic E-state index is 14.5. The van der Waals surface area contributed by atoms with Gasteiger partial charge in [-0.2, -0.15) is 0 Å². The molecule has 2 heterocycles. The van der Waals surface area contributed by atoms with E-state index in [1.807, 2.05) is 84.6 Å². The van der Waals surface area contributed by atoms with Gasteiger partial charge in [0, 0.05) is 37.5 Å². The number of amides is 2. The van der Waals surface area contributed by atoms with Crippen molar-refractivity contribution in [2.45, 2.75) is 50.3 Å². The summed E-state index contributed by atoms with van der Waals surface area (Å²) in [6.07, 6.45) is 1.51. The second-order valence-corrected chi connectivity index (χ2v) is 11.8. The summed E-state index contributed by atoms with van der Waals surface area (Å²) in [6.45, 7) is 4.07. The molecule has 2 aliphatic heterocycles. The average molecular weight is 574 g/mol. The molecule has 2 saturated heterocycles. The second kappa shape index (κ2) is 12.8. The van der Waals surface area contributed by atoms with Gasteiger partial charge in [0.1, 0.15) is 18.4 Å². The summed E-state index contributed by atoms with van der Waals surface area (Å²) in [7, 11) is 0.